The molecular formula is C23H28ClN3O3. The first-order chi connectivity index (χ1) is 14.3. The Balaban J connectivity index is 1.66. The summed E-state index contributed by atoms with van der Waals surface area (Å²) in [6.45, 7) is 5.20. The van der Waals surface area contributed by atoms with E-state index in [2.05, 4.69) is 5.32 Å². The van der Waals surface area contributed by atoms with Crippen LogP contribution in [-0.4, -0.2) is 48.6 Å². The Hall–Kier alpha value is -2.57. The van der Waals surface area contributed by atoms with Crippen LogP contribution in [0.25, 0.3) is 0 Å². The van der Waals surface area contributed by atoms with Crippen molar-refractivity contribution in [3.8, 4) is 5.75 Å². The highest BCUT2D eigenvalue weighted by atomic mass is 35.5. The van der Waals surface area contributed by atoms with Gasteiger partial charge in [0, 0.05) is 6.54 Å². The Morgan fingerprint density at radius 2 is 1.77 bits per heavy atom. The lowest BCUT2D eigenvalue weighted by Gasteiger charge is -2.29. The van der Waals surface area contributed by atoms with E-state index in [0.717, 1.165) is 5.56 Å². The van der Waals surface area contributed by atoms with Gasteiger partial charge in [0.15, 0.2) is 0 Å². The van der Waals surface area contributed by atoms with Gasteiger partial charge in [-0.1, -0.05) is 67.9 Å². The van der Waals surface area contributed by atoms with Crippen molar-refractivity contribution in [1.82, 2.24) is 15.1 Å². The molecule has 2 aromatic rings. The van der Waals surface area contributed by atoms with Gasteiger partial charge >= 0.3 is 6.03 Å². The van der Waals surface area contributed by atoms with E-state index in [1.165, 1.54) is 4.90 Å². The van der Waals surface area contributed by atoms with Crippen LogP contribution in [0.2, 0.25) is 5.02 Å². The molecule has 1 aliphatic rings. The minimum Gasteiger partial charge on any atom is -0.491 e. The number of rotatable bonds is 9. The predicted molar refractivity (Wildman–Crippen MR) is 117 cm³/mol. The van der Waals surface area contributed by atoms with Gasteiger partial charge in [0.1, 0.15) is 17.9 Å². The first-order valence-corrected chi connectivity index (χ1v) is 10.5. The summed E-state index contributed by atoms with van der Waals surface area (Å²) in [5.74, 6) is 0.630. The Kier molecular flexibility index (Phi) is 7.00. The Bertz CT molecular complexity index is 890. The Labute approximate surface area is 182 Å². The molecule has 0 radical (unpaired) electrons. The number of hydrogen-bond donors (Lipinski definition) is 1. The van der Waals surface area contributed by atoms with Crippen LogP contribution in [0.1, 0.15) is 25.8 Å². The van der Waals surface area contributed by atoms with Crippen LogP contribution in [0.15, 0.2) is 54.6 Å². The summed E-state index contributed by atoms with van der Waals surface area (Å²) in [5.41, 5.74) is -0.217. The summed E-state index contributed by atoms with van der Waals surface area (Å²) >= 11 is 6.10. The number of ether oxygens (including phenoxy) is 1. The summed E-state index contributed by atoms with van der Waals surface area (Å²) in [6.07, 6.45) is 0.539. The third-order valence-corrected chi connectivity index (χ3v) is 5.42. The van der Waals surface area contributed by atoms with Crippen molar-refractivity contribution in [2.24, 2.45) is 5.92 Å². The number of halogens is 1. The summed E-state index contributed by atoms with van der Waals surface area (Å²) in [6, 6.07) is 16.4. The molecule has 0 aromatic heterocycles. The summed E-state index contributed by atoms with van der Waals surface area (Å²) in [7, 11) is 1.85. The van der Waals surface area contributed by atoms with E-state index in [4.69, 9.17) is 16.3 Å². The smallest absolute Gasteiger partial charge is 0.326 e. The van der Waals surface area contributed by atoms with Gasteiger partial charge in [0.25, 0.3) is 5.91 Å². The quantitative estimate of drug-likeness (QED) is 0.609. The Morgan fingerprint density at radius 1 is 1.10 bits per heavy atom. The van der Waals surface area contributed by atoms with E-state index < -0.39 is 5.54 Å². The standard InChI is InChI=1S/C23H28ClN3O3/c1-17(2)15-23(18-9-5-4-6-10-18)21(28)27(22(29)25-23)16-26(3)13-14-30-20-12-8-7-11-19(20)24/h4-12,17H,13-16H2,1-3H3,(H,25,29). The average molecular weight is 430 g/mol. The van der Waals surface area contributed by atoms with Gasteiger partial charge in [-0.3, -0.25) is 9.69 Å². The molecule has 1 atom stereocenters. The highest BCUT2D eigenvalue weighted by Crippen LogP contribution is 2.35. The fourth-order valence-electron chi connectivity index (χ4n) is 3.73. The number of carbonyl (C=O) groups is 2. The molecule has 7 heteroatoms. The summed E-state index contributed by atoms with van der Waals surface area (Å²) in [5, 5.41) is 3.52. The molecule has 1 fully saturated rings. The van der Waals surface area contributed by atoms with Crippen molar-refractivity contribution in [3.05, 3.63) is 65.2 Å². The number of nitrogens with zero attached hydrogens (tertiary/aromatic N) is 2. The molecule has 6 nitrogen and oxygen atoms in total. The lowest BCUT2D eigenvalue weighted by Crippen LogP contribution is -2.46. The lowest BCUT2D eigenvalue weighted by molar-refractivity contribution is -0.133. The molecule has 1 aliphatic heterocycles. The molecule has 0 aliphatic carbocycles. The number of nitrogens with one attached hydrogen (secondary N) is 1. The zero-order chi connectivity index (χ0) is 21.7. The van der Waals surface area contributed by atoms with Gasteiger partial charge in [-0.05, 0) is 37.1 Å². The second-order valence-corrected chi connectivity index (χ2v) is 8.44. The minimum absolute atomic E-state index is 0.184. The second-order valence-electron chi connectivity index (χ2n) is 8.03. The highest BCUT2D eigenvalue weighted by molar-refractivity contribution is 6.32. The van der Waals surface area contributed by atoms with Gasteiger partial charge in [-0.2, -0.15) is 0 Å². The molecule has 0 bridgehead atoms. The SMILES string of the molecule is CC(C)CC1(c2ccccc2)NC(=O)N(CN(C)CCOc2ccccc2Cl)C1=O. The number of urea groups is 1. The molecule has 1 heterocycles. The minimum atomic E-state index is -1.03. The molecule has 30 heavy (non-hydrogen) atoms. The first kappa shape index (κ1) is 22.1. The summed E-state index contributed by atoms with van der Waals surface area (Å²) in [4.78, 5) is 29.3. The first-order valence-electron chi connectivity index (χ1n) is 10.1. The third kappa shape index (κ3) is 4.77. The van der Waals surface area contributed by atoms with Gasteiger partial charge in [0.05, 0.1) is 11.7 Å². The molecule has 1 N–H and O–H groups in total. The number of carbonyl (C=O) groups excluding carboxylic acids is 2. The van der Waals surface area contributed by atoms with Crippen molar-refractivity contribution < 1.29 is 14.3 Å². The van der Waals surface area contributed by atoms with Crippen LogP contribution in [-0.2, 0) is 10.3 Å². The number of hydrogen-bond acceptors (Lipinski definition) is 4. The van der Waals surface area contributed by atoms with Crippen LogP contribution >= 0.6 is 11.6 Å². The molecule has 1 unspecified atom stereocenters. The molecule has 0 saturated carbocycles. The van der Waals surface area contributed by atoms with Gasteiger partial charge in [-0.25, -0.2) is 9.69 Å². The van der Waals surface area contributed by atoms with E-state index in [1.54, 1.807) is 12.1 Å². The largest absolute Gasteiger partial charge is 0.491 e. The van der Waals surface area contributed by atoms with Crippen molar-refractivity contribution in [3.63, 3.8) is 0 Å². The maximum absolute atomic E-state index is 13.4. The molecule has 3 amide bonds. The monoisotopic (exact) mass is 429 g/mol. The lowest BCUT2D eigenvalue weighted by atomic mass is 9.82. The van der Waals surface area contributed by atoms with Gasteiger partial charge < -0.3 is 10.1 Å². The van der Waals surface area contributed by atoms with Gasteiger partial charge in [0.2, 0.25) is 0 Å². The molecular weight excluding hydrogens is 402 g/mol. The topological polar surface area (TPSA) is 61.9 Å². The fourth-order valence-corrected chi connectivity index (χ4v) is 3.92. The van der Waals surface area contributed by atoms with Crippen molar-refractivity contribution in [1.29, 1.82) is 0 Å². The van der Waals surface area contributed by atoms with Gasteiger partial charge in [-0.15, -0.1) is 0 Å². The molecule has 2 aromatic carbocycles. The van der Waals surface area contributed by atoms with Crippen LogP contribution in [0.3, 0.4) is 0 Å². The van der Waals surface area contributed by atoms with Crippen LogP contribution in [0.4, 0.5) is 4.79 Å². The van der Waals surface area contributed by atoms with Crippen molar-refractivity contribution in [2.45, 2.75) is 25.8 Å². The predicted octanol–water partition coefficient (Wildman–Crippen LogP) is 4.10. The van der Waals surface area contributed by atoms with E-state index in [-0.39, 0.29) is 24.5 Å². The normalized spacial score (nSPS) is 18.9. The number of imide groups is 1. The van der Waals surface area contributed by atoms with Crippen LogP contribution in [0.5, 0.6) is 5.75 Å². The van der Waals surface area contributed by atoms with E-state index in [1.807, 2.05) is 68.3 Å². The van der Waals surface area contributed by atoms with E-state index in [9.17, 15) is 9.59 Å². The molecule has 3 rings (SSSR count). The van der Waals surface area contributed by atoms with Crippen LogP contribution in [0, 0.1) is 5.92 Å². The highest BCUT2D eigenvalue weighted by Gasteiger charge is 2.52. The second kappa shape index (κ2) is 9.49. The number of likely N-dealkylation sites (N-methyl/N-ethyl adjacent to an activating group) is 1. The number of benzene rings is 2. The summed E-state index contributed by atoms with van der Waals surface area (Å²) < 4.78 is 5.71. The Morgan fingerprint density at radius 3 is 2.43 bits per heavy atom. The van der Waals surface area contributed by atoms with Crippen molar-refractivity contribution in [2.75, 3.05) is 26.9 Å². The maximum Gasteiger partial charge on any atom is 0.326 e. The number of amides is 3. The molecule has 1 saturated heterocycles. The third-order valence-electron chi connectivity index (χ3n) is 5.11. The van der Waals surface area contributed by atoms with E-state index >= 15 is 0 Å². The van der Waals surface area contributed by atoms with Crippen LogP contribution < -0.4 is 10.1 Å². The molecule has 0 spiro atoms. The maximum atomic E-state index is 13.4. The molecule has 160 valence electrons. The number of para-hydroxylation sites is 1. The average Bonchev–Trinajstić information content (AvgIpc) is 2.94. The zero-order valence-electron chi connectivity index (χ0n) is 17.6. The fraction of sp³-hybridized carbons (Fsp3) is 0.391. The van der Waals surface area contributed by atoms with Crippen molar-refractivity contribution >= 4 is 23.5 Å². The van der Waals surface area contributed by atoms with E-state index in [0.29, 0.717) is 30.3 Å². The zero-order valence-corrected chi connectivity index (χ0v) is 18.4.